The minimum absolute atomic E-state index is 0.278. The molecule has 1 aliphatic rings. The maximum atomic E-state index is 11.5. The van der Waals surface area contributed by atoms with E-state index in [-0.39, 0.29) is 5.78 Å². The van der Waals surface area contributed by atoms with Crippen LogP contribution in [0.5, 0.6) is 5.75 Å². The largest absolute Gasteiger partial charge is 0.489 e. The Morgan fingerprint density at radius 2 is 1.78 bits per heavy atom. The van der Waals surface area contributed by atoms with Crippen molar-refractivity contribution < 1.29 is 9.53 Å². The van der Waals surface area contributed by atoms with Crippen molar-refractivity contribution in [3.05, 3.63) is 65.2 Å². The van der Waals surface area contributed by atoms with E-state index in [2.05, 4.69) is 0 Å². The third-order valence-electron chi connectivity index (χ3n) is 3.23. The highest BCUT2D eigenvalue weighted by atomic mass is 16.5. The van der Waals surface area contributed by atoms with Gasteiger partial charge in [0.05, 0.1) is 0 Å². The molecule has 2 aromatic carbocycles. The zero-order valence-electron chi connectivity index (χ0n) is 10.1. The van der Waals surface area contributed by atoms with Crippen molar-refractivity contribution in [3.8, 4) is 5.75 Å². The Labute approximate surface area is 106 Å². The van der Waals surface area contributed by atoms with Crippen LogP contribution in [0.4, 0.5) is 0 Å². The Bertz CT molecular complexity index is 573. The van der Waals surface area contributed by atoms with E-state index in [4.69, 9.17) is 4.74 Å². The topological polar surface area (TPSA) is 26.3 Å². The Balaban J connectivity index is 1.78. The van der Waals surface area contributed by atoms with Gasteiger partial charge in [0.15, 0.2) is 0 Å². The van der Waals surface area contributed by atoms with Gasteiger partial charge < -0.3 is 4.74 Å². The predicted octanol–water partition coefficient (Wildman–Crippen LogP) is 2.93. The second-order valence-corrected chi connectivity index (χ2v) is 4.56. The Hall–Kier alpha value is -2.09. The standard InChI is InChI=1S/C16H14O2/c17-14-9-13-7-4-8-16(15(13)10-14)18-11-12-5-2-1-3-6-12/h1-8H,9-11H2. The van der Waals surface area contributed by atoms with E-state index in [1.807, 2.05) is 48.5 Å². The van der Waals surface area contributed by atoms with Crippen LogP contribution in [-0.4, -0.2) is 5.78 Å². The highest BCUT2D eigenvalue weighted by Gasteiger charge is 2.21. The summed E-state index contributed by atoms with van der Waals surface area (Å²) in [5.74, 6) is 1.13. The molecule has 0 N–H and O–H groups in total. The van der Waals surface area contributed by atoms with E-state index >= 15 is 0 Å². The second kappa shape index (κ2) is 4.65. The molecule has 0 unspecified atom stereocenters. The van der Waals surface area contributed by atoms with Crippen LogP contribution >= 0.6 is 0 Å². The highest BCUT2D eigenvalue weighted by Crippen LogP contribution is 2.29. The first kappa shape index (κ1) is 11.0. The summed E-state index contributed by atoms with van der Waals surface area (Å²) in [6.45, 7) is 0.547. The summed E-state index contributed by atoms with van der Waals surface area (Å²) >= 11 is 0. The zero-order chi connectivity index (χ0) is 12.4. The number of rotatable bonds is 3. The van der Waals surface area contributed by atoms with E-state index in [9.17, 15) is 4.79 Å². The van der Waals surface area contributed by atoms with Crippen LogP contribution in [0.15, 0.2) is 48.5 Å². The second-order valence-electron chi connectivity index (χ2n) is 4.56. The third-order valence-corrected chi connectivity index (χ3v) is 3.23. The number of fused-ring (bicyclic) bond motifs is 1. The molecular formula is C16H14O2. The fourth-order valence-electron chi connectivity index (χ4n) is 2.32. The van der Waals surface area contributed by atoms with Crippen molar-refractivity contribution in [3.63, 3.8) is 0 Å². The SMILES string of the molecule is O=C1Cc2cccc(OCc3ccccc3)c2C1. The van der Waals surface area contributed by atoms with E-state index in [0.29, 0.717) is 19.4 Å². The molecule has 0 radical (unpaired) electrons. The van der Waals surface area contributed by atoms with Gasteiger partial charge in [-0.2, -0.15) is 0 Å². The molecule has 0 aromatic heterocycles. The summed E-state index contributed by atoms with van der Waals surface area (Å²) in [7, 11) is 0. The number of benzene rings is 2. The summed E-state index contributed by atoms with van der Waals surface area (Å²) in [5, 5.41) is 0. The number of carbonyl (C=O) groups excluding carboxylic acids is 1. The van der Waals surface area contributed by atoms with Crippen LogP contribution in [-0.2, 0) is 24.2 Å². The lowest BCUT2D eigenvalue weighted by Crippen LogP contribution is -1.99. The zero-order valence-corrected chi connectivity index (χ0v) is 10.1. The summed E-state index contributed by atoms with van der Waals surface area (Å²) in [6.07, 6.45) is 1.07. The van der Waals surface area contributed by atoms with Gasteiger partial charge in [0, 0.05) is 18.4 Å². The van der Waals surface area contributed by atoms with Gasteiger partial charge in [-0.05, 0) is 17.2 Å². The molecule has 2 nitrogen and oxygen atoms in total. The molecule has 0 saturated carbocycles. The van der Waals surface area contributed by atoms with Crippen molar-refractivity contribution in [2.75, 3.05) is 0 Å². The molecule has 2 heteroatoms. The van der Waals surface area contributed by atoms with Crippen molar-refractivity contribution >= 4 is 5.78 Å². The van der Waals surface area contributed by atoms with Gasteiger partial charge in [-0.15, -0.1) is 0 Å². The number of Topliss-reactive ketones (excluding diaryl/α,β-unsaturated/α-hetero) is 1. The first-order valence-corrected chi connectivity index (χ1v) is 6.12. The van der Waals surface area contributed by atoms with Crippen molar-refractivity contribution in [2.45, 2.75) is 19.4 Å². The number of hydrogen-bond acceptors (Lipinski definition) is 2. The normalized spacial score (nSPS) is 13.4. The average Bonchev–Trinajstić information content (AvgIpc) is 2.78. The summed E-state index contributed by atoms with van der Waals surface area (Å²) in [6, 6.07) is 16.0. The third kappa shape index (κ3) is 2.14. The molecule has 0 atom stereocenters. The molecule has 0 bridgehead atoms. The fourth-order valence-corrected chi connectivity index (χ4v) is 2.32. The number of carbonyl (C=O) groups is 1. The minimum Gasteiger partial charge on any atom is -0.489 e. The fraction of sp³-hybridized carbons (Fsp3) is 0.188. The molecular weight excluding hydrogens is 224 g/mol. The van der Waals surface area contributed by atoms with E-state index in [0.717, 1.165) is 22.4 Å². The Morgan fingerprint density at radius 3 is 2.61 bits per heavy atom. The molecule has 0 aliphatic heterocycles. The lowest BCUT2D eigenvalue weighted by molar-refractivity contribution is -0.117. The number of ether oxygens (including phenoxy) is 1. The van der Waals surface area contributed by atoms with Gasteiger partial charge >= 0.3 is 0 Å². The van der Waals surface area contributed by atoms with Gasteiger partial charge in [0.1, 0.15) is 18.1 Å². The highest BCUT2D eigenvalue weighted by molar-refractivity contribution is 5.88. The van der Waals surface area contributed by atoms with Crippen LogP contribution in [0, 0.1) is 0 Å². The van der Waals surface area contributed by atoms with Crippen LogP contribution in [0.2, 0.25) is 0 Å². The molecule has 0 saturated heterocycles. The summed E-state index contributed by atoms with van der Waals surface area (Å²) in [5.41, 5.74) is 3.32. The van der Waals surface area contributed by atoms with Crippen molar-refractivity contribution in [1.82, 2.24) is 0 Å². The van der Waals surface area contributed by atoms with Gasteiger partial charge in [-0.25, -0.2) is 0 Å². The van der Waals surface area contributed by atoms with Crippen LogP contribution < -0.4 is 4.74 Å². The van der Waals surface area contributed by atoms with Crippen molar-refractivity contribution in [2.24, 2.45) is 0 Å². The molecule has 0 spiro atoms. The lowest BCUT2D eigenvalue weighted by atomic mass is 10.1. The summed E-state index contributed by atoms with van der Waals surface area (Å²) in [4.78, 5) is 11.5. The quantitative estimate of drug-likeness (QED) is 0.821. The first-order chi connectivity index (χ1) is 8.83. The molecule has 0 fully saturated rings. The predicted molar refractivity (Wildman–Crippen MR) is 69.6 cm³/mol. The number of hydrogen-bond donors (Lipinski definition) is 0. The average molecular weight is 238 g/mol. The maximum absolute atomic E-state index is 11.5. The monoisotopic (exact) mass is 238 g/mol. The minimum atomic E-state index is 0.278. The Morgan fingerprint density at radius 1 is 0.944 bits per heavy atom. The van der Waals surface area contributed by atoms with Gasteiger partial charge in [-0.1, -0.05) is 42.5 Å². The maximum Gasteiger partial charge on any atom is 0.141 e. The lowest BCUT2D eigenvalue weighted by Gasteiger charge is -2.10. The van der Waals surface area contributed by atoms with Gasteiger partial charge in [0.25, 0.3) is 0 Å². The molecule has 3 rings (SSSR count). The summed E-state index contributed by atoms with van der Waals surface area (Å²) < 4.78 is 5.83. The van der Waals surface area contributed by atoms with E-state index in [1.54, 1.807) is 0 Å². The first-order valence-electron chi connectivity index (χ1n) is 6.12. The van der Waals surface area contributed by atoms with Gasteiger partial charge in [-0.3, -0.25) is 4.79 Å². The number of ketones is 1. The van der Waals surface area contributed by atoms with E-state index < -0.39 is 0 Å². The molecule has 0 heterocycles. The molecule has 2 aromatic rings. The van der Waals surface area contributed by atoms with E-state index in [1.165, 1.54) is 0 Å². The molecule has 0 amide bonds. The molecule has 18 heavy (non-hydrogen) atoms. The van der Waals surface area contributed by atoms with Crippen LogP contribution in [0.25, 0.3) is 0 Å². The van der Waals surface area contributed by atoms with Gasteiger partial charge in [0.2, 0.25) is 0 Å². The van der Waals surface area contributed by atoms with Crippen molar-refractivity contribution in [1.29, 1.82) is 0 Å². The van der Waals surface area contributed by atoms with Crippen LogP contribution in [0.3, 0.4) is 0 Å². The smallest absolute Gasteiger partial charge is 0.141 e. The molecule has 90 valence electrons. The molecule has 1 aliphatic carbocycles. The van der Waals surface area contributed by atoms with Crippen LogP contribution in [0.1, 0.15) is 16.7 Å². The Kier molecular flexibility index (Phi) is 2.85.